The fourth-order valence-corrected chi connectivity index (χ4v) is 4.66. The van der Waals surface area contributed by atoms with Crippen molar-refractivity contribution < 1.29 is 22.7 Å². The Morgan fingerprint density at radius 1 is 0.895 bits per heavy atom. The van der Waals surface area contributed by atoms with Crippen LogP contribution in [0.4, 0.5) is 5.69 Å². The molecule has 3 N–H and O–H groups in total. The topological polar surface area (TPSA) is 117 Å². The van der Waals surface area contributed by atoms with Gasteiger partial charge >= 0.3 is 0 Å². The number of sulfonamides is 1. The quantitative estimate of drug-likeness (QED) is 0.274. The van der Waals surface area contributed by atoms with Crippen molar-refractivity contribution in [3.05, 3.63) is 82.3 Å². The second-order valence-corrected chi connectivity index (χ2v) is 10.9. The molecule has 9 nitrogen and oxygen atoms in total. The monoisotopic (exact) mass is 578 g/mol. The van der Waals surface area contributed by atoms with Gasteiger partial charge in [0, 0.05) is 12.1 Å². The molecule has 0 aliphatic rings. The maximum atomic E-state index is 13.0. The normalized spacial score (nSPS) is 11.2. The summed E-state index contributed by atoms with van der Waals surface area (Å²) in [5, 5.41) is 5.75. The first-order chi connectivity index (χ1) is 18.1. The Labute approximate surface area is 232 Å². The zero-order valence-electron chi connectivity index (χ0n) is 20.8. The van der Waals surface area contributed by atoms with Gasteiger partial charge in [0.05, 0.1) is 22.2 Å². The zero-order valence-corrected chi connectivity index (χ0v) is 23.2. The van der Waals surface area contributed by atoms with Gasteiger partial charge in [-0.25, -0.2) is 8.42 Å². The van der Waals surface area contributed by atoms with E-state index in [0.29, 0.717) is 11.6 Å². The average Bonchev–Trinajstić information content (AvgIpc) is 2.89. The second-order valence-electron chi connectivity index (χ2n) is 8.47. The van der Waals surface area contributed by atoms with Crippen LogP contribution in [0.1, 0.15) is 16.8 Å². The number of nitrogens with zero attached hydrogens (tertiary/aromatic N) is 1. The number of nitrogens with one attached hydrogen (secondary N) is 3. The molecule has 202 valence electrons. The van der Waals surface area contributed by atoms with Crippen molar-refractivity contribution in [2.75, 3.05) is 38.5 Å². The van der Waals surface area contributed by atoms with Crippen molar-refractivity contribution >= 4 is 50.7 Å². The van der Waals surface area contributed by atoms with Gasteiger partial charge in [-0.05, 0) is 75.6 Å². The van der Waals surface area contributed by atoms with Gasteiger partial charge in [0.15, 0.2) is 5.75 Å². The van der Waals surface area contributed by atoms with Crippen LogP contribution in [0, 0.1) is 0 Å². The van der Waals surface area contributed by atoms with E-state index in [2.05, 4.69) is 15.4 Å². The standard InChI is InChI=1S/C26H28Cl2N4O5S/c1-32(2)16-6-15-29-24(33)17-30-26(34)18-11-13-19(14-12-18)38(35,36)31-21-8-3-4-9-22(21)37-23-10-5-7-20(27)25(23)28/h3-5,7-14,31H,6,15-17H2,1-2H3,(H,29,33)(H,30,34). The minimum atomic E-state index is -4.02. The van der Waals surface area contributed by atoms with E-state index in [1.54, 1.807) is 42.5 Å². The van der Waals surface area contributed by atoms with Crippen molar-refractivity contribution in [1.29, 1.82) is 0 Å². The summed E-state index contributed by atoms with van der Waals surface area (Å²) in [5.74, 6) is -0.317. The number of benzene rings is 3. The molecule has 0 spiro atoms. The van der Waals surface area contributed by atoms with Crippen LogP contribution in [0.5, 0.6) is 11.5 Å². The van der Waals surface area contributed by atoms with Crippen molar-refractivity contribution in [2.45, 2.75) is 11.3 Å². The second kappa shape index (κ2) is 13.5. The molecule has 0 radical (unpaired) electrons. The van der Waals surface area contributed by atoms with E-state index in [1.165, 1.54) is 24.3 Å². The van der Waals surface area contributed by atoms with Crippen molar-refractivity contribution in [3.63, 3.8) is 0 Å². The predicted octanol–water partition coefficient (Wildman–Crippen LogP) is 4.38. The lowest BCUT2D eigenvalue weighted by atomic mass is 10.2. The van der Waals surface area contributed by atoms with Gasteiger partial charge < -0.3 is 20.3 Å². The number of rotatable bonds is 12. The summed E-state index contributed by atoms with van der Waals surface area (Å²) in [4.78, 5) is 26.2. The number of halogens is 2. The lowest BCUT2D eigenvalue weighted by molar-refractivity contribution is -0.120. The number of anilines is 1. The molecular formula is C26H28Cl2N4O5S. The molecule has 2 amide bonds. The van der Waals surface area contributed by atoms with E-state index in [0.717, 1.165) is 13.0 Å². The van der Waals surface area contributed by atoms with Gasteiger partial charge in [-0.3, -0.25) is 14.3 Å². The van der Waals surface area contributed by atoms with Gasteiger partial charge in [0.25, 0.3) is 15.9 Å². The third kappa shape index (κ3) is 8.35. The number of carbonyl (C=O) groups is 2. The average molecular weight is 580 g/mol. The summed E-state index contributed by atoms with van der Waals surface area (Å²) in [6.45, 7) is 1.16. The third-order valence-electron chi connectivity index (χ3n) is 5.21. The summed E-state index contributed by atoms with van der Waals surface area (Å²) in [6, 6.07) is 16.7. The SMILES string of the molecule is CN(C)CCCNC(=O)CNC(=O)c1ccc(S(=O)(=O)Nc2ccccc2Oc2cccc(Cl)c2Cl)cc1. The summed E-state index contributed by atoms with van der Waals surface area (Å²) in [5.41, 5.74) is 0.394. The number of carbonyl (C=O) groups excluding carboxylic acids is 2. The van der Waals surface area contributed by atoms with Crippen LogP contribution in [0.15, 0.2) is 71.6 Å². The fraction of sp³-hybridized carbons (Fsp3) is 0.231. The van der Waals surface area contributed by atoms with E-state index in [-0.39, 0.29) is 45.1 Å². The minimum absolute atomic E-state index is 0.0664. The molecule has 3 aromatic carbocycles. The maximum absolute atomic E-state index is 13.0. The van der Waals surface area contributed by atoms with Crippen LogP contribution in [0.3, 0.4) is 0 Å². The zero-order chi connectivity index (χ0) is 27.7. The van der Waals surface area contributed by atoms with E-state index in [1.807, 2.05) is 19.0 Å². The molecule has 3 aromatic rings. The molecular weight excluding hydrogens is 551 g/mol. The number of amides is 2. The number of hydrogen-bond donors (Lipinski definition) is 3. The molecule has 38 heavy (non-hydrogen) atoms. The molecule has 12 heteroatoms. The summed E-state index contributed by atoms with van der Waals surface area (Å²) >= 11 is 12.2. The Balaban J connectivity index is 1.62. The van der Waals surface area contributed by atoms with Crippen LogP contribution in [-0.2, 0) is 14.8 Å². The minimum Gasteiger partial charge on any atom is -0.454 e. The highest BCUT2D eigenvalue weighted by Crippen LogP contribution is 2.37. The third-order valence-corrected chi connectivity index (χ3v) is 7.39. The van der Waals surface area contributed by atoms with E-state index >= 15 is 0 Å². The first-order valence-electron chi connectivity index (χ1n) is 11.6. The molecule has 0 saturated heterocycles. The Kier molecular flexibility index (Phi) is 10.4. The molecule has 0 atom stereocenters. The molecule has 0 fully saturated rings. The van der Waals surface area contributed by atoms with Crippen molar-refractivity contribution in [3.8, 4) is 11.5 Å². The molecule has 0 unspecified atom stereocenters. The summed E-state index contributed by atoms with van der Waals surface area (Å²) in [7, 11) is -0.131. The van der Waals surface area contributed by atoms with Crippen LogP contribution in [0.2, 0.25) is 10.0 Å². The van der Waals surface area contributed by atoms with Gasteiger partial charge in [-0.1, -0.05) is 41.4 Å². The predicted molar refractivity (Wildman–Crippen MR) is 149 cm³/mol. The number of hydrogen-bond acceptors (Lipinski definition) is 6. The molecule has 3 rings (SSSR count). The first kappa shape index (κ1) is 29.2. The van der Waals surface area contributed by atoms with Gasteiger partial charge in [0.1, 0.15) is 10.8 Å². The van der Waals surface area contributed by atoms with Crippen LogP contribution < -0.4 is 20.1 Å². The highest BCUT2D eigenvalue weighted by atomic mass is 35.5. The number of para-hydroxylation sites is 2. The highest BCUT2D eigenvalue weighted by Gasteiger charge is 2.18. The number of ether oxygens (including phenoxy) is 1. The summed E-state index contributed by atoms with van der Waals surface area (Å²) < 4.78 is 34.3. The van der Waals surface area contributed by atoms with Gasteiger partial charge in [-0.2, -0.15) is 0 Å². The van der Waals surface area contributed by atoms with Gasteiger partial charge in [-0.15, -0.1) is 0 Å². The van der Waals surface area contributed by atoms with E-state index < -0.39 is 15.9 Å². The van der Waals surface area contributed by atoms with Crippen LogP contribution in [-0.4, -0.2) is 58.9 Å². The van der Waals surface area contributed by atoms with Gasteiger partial charge in [0.2, 0.25) is 5.91 Å². The largest absolute Gasteiger partial charge is 0.454 e. The van der Waals surface area contributed by atoms with E-state index in [4.69, 9.17) is 27.9 Å². The maximum Gasteiger partial charge on any atom is 0.262 e. The smallest absolute Gasteiger partial charge is 0.262 e. The van der Waals surface area contributed by atoms with E-state index in [9.17, 15) is 18.0 Å². The molecule has 0 saturated carbocycles. The van der Waals surface area contributed by atoms with Crippen LogP contribution >= 0.6 is 23.2 Å². The van der Waals surface area contributed by atoms with Crippen molar-refractivity contribution in [1.82, 2.24) is 15.5 Å². The Hall–Kier alpha value is -3.31. The Morgan fingerprint density at radius 3 is 2.29 bits per heavy atom. The molecule has 0 aliphatic carbocycles. The summed E-state index contributed by atoms with van der Waals surface area (Å²) in [6.07, 6.45) is 0.793. The Morgan fingerprint density at radius 2 is 1.58 bits per heavy atom. The molecule has 0 aliphatic heterocycles. The Bertz CT molecular complexity index is 1380. The molecule has 0 aromatic heterocycles. The first-order valence-corrected chi connectivity index (χ1v) is 13.8. The molecule has 0 bridgehead atoms. The molecule has 0 heterocycles. The van der Waals surface area contributed by atoms with Crippen molar-refractivity contribution in [2.24, 2.45) is 0 Å². The lowest BCUT2D eigenvalue weighted by Gasteiger charge is -2.14. The van der Waals surface area contributed by atoms with Crippen LogP contribution in [0.25, 0.3) is 0 Å². The highest BCUT2D eigenvalue weighted by molar-refractivity contribution is 7.92. The fourth-order valence-electron chi connectivity index (χ4n) is 3.26. The lowest BCUT2D eigenvalue weighted by Crippen LogP contribution is -2.37.